The Balaban J connectivity index is 2.10. The van der Waals surface area contributed by atoms with E-state index in [9.17, 15) is 4.79 Å². The number of aromatic hydroxyl groups is 1. The molecule has 1 N–H and O–H groups in total. The predicted molar refractivity (Wildman–Crippen MR) is 49.5 cm³/mol. The van der Waals surface area contributed by atoms with Crippen LogP contribution in [0.15, 0.2) is 24.3 Å². The van der Waals surface area contributed by atoms with Crippen LogP contribution in [0, 0.1) is 5.41 Å². The Morgan fingerprint density at radius 2 is 1.92 bits per heavy atom. The minimum Gasteiger partial charge on any atom is -0.508 e. The molecular formula is C11H12O2. The number of hydrogen-bond acceptors (Lipinski definition) is 2. The third-order valence-corrected chi connectivity index (χ3v) is 2.63. The molecule has 0 radical (unpaired) electrons. The number of carbonyl (C=O) groups excluding carboxylic acids is 1. The van der Waals surface area contributed by atoms with E-state index in [0.717, 1.165) is 31.1 Å². The molecule has 2 rings (SSSR count). The first kappa shape index (κ1) is 8.30. The van der Waals surface area contributed by atoms with Crippen molar-refractivity contribution in [1.82, 2.24) is 0 Å². The van der Waals surface area contributed by atoms with Gasteiger partial charge in [0.2, 0.25) is 0 Å². The van der Waals surface area contributed by atoms with Crippen molar-refractivity contribution < 1.29 is 9.90 Å². The predicted octanol–water partition coefficient (Wildman–Crippen LogP) is 1.91. The fourth-order valence-corrected chi connectivity index (χ4v) is 1.52. The normalized spacial score (nSPS) is 18.2. The summed E-state index contributed by atoms with van der Waals surface area (Å²) >= 11 is 0. The molecule has 1 saturated carbocycles. The number of phenolic OH excluding ortho intramolecular Hbond substituents is 1. The second-order valence-corrected chi connectivity index (χ2v) is 3.82. The molecule has 1 aromatic rings. The Hall–Kier alpha value is -1.31. The minimum atomic E-state index is -0.0724. The lowest BCUT2D eigenvalue weighted by Gasteiger charge is -2.06. The third-order valence-electron chi connectivity index (χ3n) is 2.63. The van der Waals surface area contributed by atoms with Crippen LogP contribution in [-0.4, -0.2) is 11.4 Å². The number of aldehydes is 1. The van der Waals surface area contributed by atoms with Gasteiger partial charge >= 0.3 is 0 Å². The molecule has 2 heteroatoms. The van der Waals surface area contributed by atoms with Crippen LogP contribution in [0.2, 0.25) is 0 Å². The molecule has 13 heavy (non-hydrogen) atoms. The van der Waals surface area contributed by atoms with Crippen molar-refractivity contribution in [1.29, 1.82) is 0 Å². The number of benzene rings is 1. The van der Waals surface area contributed by atoms with Crippen LogP contribution >= 0.6 is 0 Å². The summed E-state index contributed by atoms with van der Waals surface area (Å²) < 4.78 is 0. The molecule has 0 spiro atoms. The van der Waals surface area contributed by atoms with Gasteiger partial charge in [-0.3, -0.25) is 0 Å². The summed E-state index contributed by atoms with van der Waals surface area (Å²) in [6, 6.07) is 7.07. The second-order valence-electron chi connectivity index (χ2n) is 3.82. The lowest BCUT2D eigenvalue weighted by Crippen LogP contribution is -2.05. The van der Waals surface area contributed by atoms with Gasteiger partial charge in [-0.05, 0) is 37.0 Å². The molecular weight excluding hydrogens is 164 g/mol. The highest BCUT2D eigenvalue weighted by Crippen LogP contribution is 2.46. The van der Waals surface area contributed by atoms with E-state index < -0.39 is 0 Å². The fourth-order valence-electron chi connectivity index (χ4n) is 1.52. The van der Waals surface area contributed by atoms with E-state index in [0.29, 0.717) is 0 Å². The van der Waals surface area contributed by atoms with Crippen molar-refractivity contribution in [3.8, 4) is 5.75 Å². The van der Waals surface area contributed by atoms with E-state index in [1.807, 2.05) is 12.1 Å². The second kappa shape index (κ2) is 2.87. The average Bonchev–Trinajstić information content (AvgIpc) is 2.90. The van der Waals surface area contributed by atoms with Crippen LogP contribution in [0.25, 0.3) is 0 Å². The summed E-state index contributed by atoms with van der Waals surface area (Å²) in [6.45, 7) is 0. The molecule has 1 aliphatic rings. The van der Waals surface area contributed by atoms with Gasteiger partial charge in [0.1, 0.15) is 12.0 Å². The van der Waals surface area contributed by atoms with Crippen molar-refractivity contribution in [2.75, 3.05) is 0 Å². The summed E-state index contributed by atoms with van der Waals surface area (Å²) in [7, 11) is 0. The third kappa shape index (κ3) is 1.72. The Morgan fingerprint density at radius 3 is 2.38 bits per heavy atom. The Labute approximate surface area is 77.2 Å². The number of phenols is 1. The molecule has 0 bridgehead atoms. The van der Waals surface area contributed by atoms with Gasteiger partial charge in [0.15, 0.2) is 0 Å². The van der Waals surface area contributed by atoms with Crippen LogP contribution in [0.1, 0.15) is 18.4 Å². The molecule has 1 aliphatic carbocycles. The molecule has 0 heterocycles. The number of carbonyl (C=O) groups is 1. The fraction of sp³-hybridized carbons (Fsp3) is 0.364. The highest BCUT2D eigenvalue weighted by molar-refractivity contribution is 5.64. The zero-order chi connectivity index (χ0) is 9.31. The Bertz CT molecular complexity index is 309. The lowest BCUT2D eigenvalue weighted by molar-refractivity contribution is -0.112. The quantitative estimate of drug-likeness (QED) is 0.714. The molecule has 0 aliphatic heterocycles. The van der Waals surface area contributed by atoms with Gasteiger partial charge in [-0.15, -0.1) is 0 Å². The maximum absolute atomic E-state index is 10.7. The maximum Gasteiger partial charge on any atom is 0.126 e. The Kier molecular flexibility index (Phi) is 1.83. The molecule has 0 amide bonds. The van der Waals surface area contributed by atoms with Gasteiger partial charge < -0.3 is 9.90 Å². The minimum absolute atomic E-state index is 0.0724. The van der Waals surface area contributed by atoms with Gasteiger partial charge in [0, 0.05) is 5.41 Å². The molecule has 0 atom stereocenters. The lowest BCUT2D eigenvalue weighted by atomic mass is 9.98. The summed E-state index contributed by atoms with van der Waals surface area (Å²) in [4.78, 5) is 10.7. The average molecular weight is 176 g/mol. The van der Waals surface area contributed by atoms with E-state index in [4.69, 9.17) is 5.11 Å². The highest BCUT2D eigenvalue weighted by Gasteiger charge is 2.42. The van der Waals surface area contributed by atoms with Crippen LogP contribution in [0.5, 0.6) is 5.75 Å². The first-order valence-electron chi connectivity index (χ1n) is 4.48. The zero-order valence-corrected chi connectivity index (χ0v) is 7.36. The van der Waals surface area contributed by atoms with Crippen LogP contribution in [-0.2, 0) is 11.2 Å². The first-order valence-corrected chi connectivity index (χ1v) is 4.48. The molecule has 1 aromatic carbocycles. The summed E-state index contributed by atoms with van der Waals surface area (Å²) in [5, 5.41) is 9.06. The largest absolute Gasteiger partial charge is 0.508 e. The van der Waals surface area contributed by atoms with Gasteiger partial charge in [-0.1, -0.05) is 12.1 Å². The van der Waals surface area contributed by atoms with Gasteiger partial charge in [0.05, 0.1) is 0 Å². The van der Waals surface area contributed by atoms with Crippen molar-refractivity contribution in [3.63, 3.8) is 0 Å². The van der Waals surface area contributed by atoms with Crippen LogP contribution in [0.4, 0.5) is 0 Å². The van der Waals surface area contributed by atoms with Crippen LogP contribution < -0.4 is 0 Å². The van der Waals surface area contributed by atoms with Crippen molar-refractivity contribution in [3.05, 3.63) is 29.8 Å². The molecule has 0 saturated heterocycles. The SMILES string of the molecule is O=CC1(Cc2ccc(O)cc2)CC1. The number of rotatable bonds is 3. The highest BCUT2D eigenvalue weighted by atomic mass is 16.3. The molecule has 0 unspecified atom stereocenters. The van der Waals surface area contributed by atoms with Crippen molar-refractivity contribution in [2.45, 2.75) is 19.3 Å². The molecule has 68 valence electrons. The smallest absolute Gasteiger partial charge is 0.126 e. The Morgan fingerprint density at radius 1 is 1.31 bits per heavy atom. The van der Waals surface area contributed by atoms with E-state index >= 15 is 0 Å². The zero-order valence-electron chi connectivity index (χ0n) is 7.36. The van der Waals surface area contributed by atoms with E-state index in [2.05, 4.69) is 0 Å². The molecule has 0 aromatic heterocycles. The summed E-state index contributed by atoms with van der Waals surface area (Å²) in [6.07, 6.45) is 3.91. The number of hydrogen-bond donors (Lipinski definition) is 1. The summed E-state index contributed by atoms with van der Waals surface area (Å²) in [5.41, 5.74) is 1.05. The first-order chi connectivity index (χ1) is 6.24. The standard InChI is InChI=1S/C11H12O2/c12-8-11(5-6-11)7-9-1-3-10(13)4-2-9/h1-4,8,13H,5-7H2. The summed E-state index contributed by atoms with van der Waals surface area (Å²) in [5.74, 6) is 0.278. The van der Waals surface area contributed by atoms with Crippen LogP contribution in [0.3, 0.4) is 0 Å². The van der Waals surface area contributed by atoms with Gasteiger partial charge in [-0.25, -0.2) is 0 Å². The maximum atomic E-state index is 10.7. The monoisotopic (exact) mass is 176 g/mol. The van der Waals surface area contributed by atoms with Crippen molar-refractivity contribution >= 4 is 6.29 Å². The van der Waals surface area contributed by atoms with Crippen molar-refractivity contribution in [2.24, 2.45) is 5.41 Å². The topological polar surface area (TPSA) is 37.3 Å². The van der Waals surface area contributed by atoms with Gasteiger partial charge in [-0.2, -0.15) is 0 Å². The molecule has 2 nitrogen and oxygen atoms in total. The van der Waals surface area contributed by atoms with E-state index in [-0.39, 0.29) is 11.2 Å². The van der Waals surface area contributed by atoms with Gasteiger partial charge in [0.25, 0.3) is 0 Å². The van der Waals surface area contributed by atoms with E-state index in [1.165, 1.54) is 0 Å². The van der Waals surface area contributed by atoms with E-state index in [1.54, 1.807) is 12.1 Å². The molecule has 1 fully saturated rings.